The molecule has 0 bridgehead atoms. The van der Waals surface area contributed by atoms with E-state index in [0.29, 0.717) is 11.8 Å². The van der Waals surface area contributed by atoms with E-state index in [1.54, 1.807) is 16.8 Å². The summed E-state index contributed by atoms with van der Waals surface area (Å²) in [6, 6.07) is 5.99. The van der Waals surface area contributed by atoms with Crippen LogP contribution in [0.4, 0.5) is 17.5 Å². The van der Waals surface area contributed by atoms with Crippen molar-refractivity contribution in [3.63, 3.8) is 0 Å². The third kappa shape index (κ3) is 3.83. The summed E-state index contributed by atoms with van der Waals surface area (Å²) in [4.78, 5) is 24.8. The van der Waals surface area contributed by atoms with E-state index >= 15 is 0 Å². The van der Waals surface area contributed by atoms with Gasteiger partial charge in [-0.05, 0) is 31.0 Å². The minimum atomic E-state index is -0.590. The van der Waals surface area contributed by atoms with Crippen molar-refractivity contribution in [2.45, 2.75) is 37.8 Å². The molecule has 0 radical (unpaired) electrons. The zero-order valence-electron chi connectivity index (χ0n) is 14.7. The minimum absolute atomic E-state index is 0.0710. The molecule has 0 aliphatic heterocycles. The Morgan fingerprint density at radius 1 is 1.22 bits per heavy atom. The normalized spacial score (nSPS) is 19.7. The molecule has 6 N–H and O–H groups in total. The maximum atomic E-state index is 11.8. The zero-order valence-corrected chi connectivity index (χ0v) is 15.5. The highest BCUT2D eigenvalue weighted by atomic mass is 32.1. The fourth-order valence-corrected chi connectivity index (χ4v) is 3.96. The quantitative estimate of drug-likeness (QED) is 0.532. The van der Waals surface area contributed by atoms with Gasteiger partial charge in [0.15, 0.2) is 0 Å². The molecule has 2 heterocycles. The zero-order chi connectivity index (χ0) is 18.8. The second-order valence-electron chi connectivity index (χ2n) is 6.68. The smallest absolute Gasteiger partial charge is 0.254 e. The lowest BCUT2D eigenvalue weighted by molar-refractivity contribution is 0.100. The Kier molecular flexibility index (Phi) is 4.87. The number of hydrogen-bond donors (Lipinski definition) is 4. The topological polar surface area (TPSA) is 132 Å². The third-order valence-electron chi connectivity index (χ3n) is 4.78. The summed E-state index contributed by atoms with van der Waals surface area (Å²) in [5.41, 5.74) is 15.4. The van der Waals surface area contributed by atoms with Crippen molar-refractivity contribution in [2.75, 3.05) is 10.6 Å². The molecule has 2 unspecified atom stereocenters. The molecule has 2 aromatic heterocycles. The second-order valence-corrected chi connectivity index (χ2v) is 7.57. The molecule has 1 saturated carbocycles. The van der Waals surface area contributed by atoms with Crippen molar-refractivity contribution in [1.29, 1.82) is 0 Å². The van der Waals surface area contributed by atoms with Crippen molar-refractivity contribution in [3.05, 3.63) is 35.5 Å². The average molecular weight is 383 g/mol. The van der Waals surface area contributed by atoms with E-state index < -0.39 is 5.91 Å². The third-order valence-corrected chi connectivity index (χ3v) is 5.59. The summed E-state index contributed by atoms with van der Waals surface area (Å²) in [6.45, 7) is 0. The lowest BCUT2D eigenvalue weighted by Crippen LogP contribution is -2.43. The highest BCUT2D eigenvalue weighted by Crippen LogP contribution is 2.26. The van der Waals surface area contributed by atoms with Gasteiger partial charge in [-0.1, -0.05) is 12.8 Å². The van der Waals surface area contributed by atoms with Crippen LogP contribution < -0.4 is 22.1 Å². The summed E-state index contributed by atoms with van der Waals surface area (Å²) in [6.07, 6.45) is 5.67. The standard InChI is InChI=1S/C18H21N7OS/c19-12-3-1-2-4-13(12)24-18-21-8-11(16(20)26)17(25-18)23-10-5-6-15-14(7-10)22-9-27-15/h5-9,12-13H,1-4,19H2,(H2,20,26)(H2,21,23,24,25). The number of anilines is 3. The van der Waals surface area contributed by atoms with Crippen LogP contribution in [0.5, 0.6) is 0 Å². The van der Waals surface area contributed by atoms with Crippen LogP contribution in [0.3, 0.4) is 0 Å². The highest BCUT2D eigenvalue weighted by molar-refractivity contribution is 7.16. The summed E-state index contributed by atoms with van der Waals surface area (Å²) < 4.78 is 1.09. The lowest BCUT2D eigenvalue weighted by atomic mass is 9.91. The Morgan fingerprint density at radius 2 is 2.07 bits per heavy atom. The first-order valence-corrected chi connectivity index (χ1v) is 9.77. The van der Waals surface area contributed by atoms with Crippen molar-refractivity contribution < 1.29 is 4.79 Å². The fraction of sp³-hybridized carbons (Fsp3) is 0.333. The number of benzene rings is 1. The SMILES string of the molecule is NC(=O)c1cnc(NC2CCCCC2N)nc1Nc1ccc2scnc2c1. The molecule has 2 atom stereocenters. The fourth-order valence-electron chi connectivity index (χ4n) is 3.30. The van der Waals surface area contributed by atoms with E-state index in [9.17, 15) is 4.79 Å². The molecule has 4 rings (SSSR count). The van der Waals surface area contributed by atoms with Crippen LogP contribution in [-0.2, 0) is 0 Å². The molecule has 27 heavy (non-hydrogen) atoms. The molecule has 9 heteroatoms. The first-order chi connectivity index (χ1) is 13.1. The molecular formula is C18H21N7OS. The van der Waals surface area contributed by atoms with Crippen LogP contribution in [-0.4, -0.2) is 32.9 Å². The molecule has 1 aliphatic rings. The molecular weight excluding hydrogens is 362 g/mol. The van der Waals surface area contributed by atoms with Gasteiger partial charge in [-0.3, -0.25) is 4.79 Å². The van der Waals surface area contributed by atoms with E-state index in [-0.39, 0.29) is 17.6 Å². The van der Waals surface area contributed by atoms with Crippen molar-refractivity contribution >= 4 is 44.9 Å². The van der Waals surface area contributed by atoms with Gasteiger partial charge in [0.25, 0.3) is 5.91 Å². The summed E-state index contributed by atoms with van der Waals surface area (Å²) in [5, 5.41) is 6.46. The van der Waals surface area contributed by atoms with Gasteiger partial charge in [0.1, 0.15) is 11.4 Å². The average Bonchev–Trinajstić information content (AvgIpc) is 3.11. The molecule has 0 spiro atoms. The number of carbonyl (C=O) groups excluding carboxylic acids is 1. The largest absolute Gasteiger partial charge is 0.365 e. The number of nitrogens with two attached hydrogens (primary N) is 2. The highest BCUT2D eigenvalue weighted by Gasteiger charge is 2.23. The predicted octanol–water partition coefficient (Wildman–Crippen LogP) is 2.61. The Labute approximate surface area is 160 Å². The van der Waals surface area contributed by atoms with Gasteiger partial charge < -0.3 is 22.1 Å². The number of hydrogen-bond acceptors (Lipinski definition) is 8. The van der Waals surface area contributed by atoms with Crippen molar-refractivity contribution in [3.8, 4) is 0 Å². The Hall–Kier alpha value is -2.78. The maximum Gasteiger partial charge on any atom is 0.254 e. The van der Waals surface area contributed by atoms with Crippen LogP contribution in [0.15, 0.2) is 29.9 Å². The number of nitrogens with zero attached hydrogens (tertiary/aromatic N) is 3. The van der Waals surface area contributed by atoms with Gasteiger partial charge in [-0.25, -0.2) is 9.97 Å². The summed E-state index contributed by atoms with van der Waals surface area (Å²) in [5.74, 6) is 0.201. The molecule has 140 valence electrons. The van der Waals surface area contributed by atoms with Crippen LogP contribution in [0, 0.1) is 0 Å². The number of nitrogens with one attached hydrogen (secondary N) is 2. The number of carbonyl (C=O) groups is 1. The van der Waals surface area contributed by atoms with Gasteiger partial charge in [-0.15, -0.1) is 11.3 Å². The second kappa shape index (κ2) is 7.45. The Balaban J connectivity index is 1.61. The number of fused-ring (bicyclic) bond motifs is 1. The minimum Gasteiger partial charge on any atom is -0.365 e. The molecule has 0 saturated heterocycles. The molecule has 3 aromatic rings. The van der Waals surface area contributed by atoms with Crippen LogP contribution in [0.2, 0.25) is 0 Å². The molecule has 1 aliphatic carbocycles. The van der Waals surface area contributed by atoms with Gasteiger partial charge >= 0.3 is 0 Å². The van der Waals surface area contributed by atoms with Gasteiger partial charge in [-0.2, -0.15) is 4.98 Å². The van der Waals surface area contributed by atoms with Gasteiger partial charge in [0.2, 0.25) is 5.95 Å². The number of rotatable bonds is 5. The predicted molar refractivity (Wildman–Crippen MR) is 107 cm³/mol. The molecule has 8 nitrogen and oxygen atoms in total. The Bertz CT molecular complexity index is 973. The van der Waals surface area contributed by atoms with Crippen molar-refractivity contribution in [1.82, 2.24) is 15.0 Å². The monoisotopic (exact) mass is 383 g/mol. The first-order valence-electron chi connectivity index (χ1n) is 8.89. The Morgan fingerprint density at radius 3 is 2.89 bits per heavy atom. The first kappa shape index (κ1) is 17.6. The summed E-state index contributed by atoms with van der Waals surface area (Å²) in [7, 11) is 0. The van der Waals surface area contributed by atoms with E-state index in [1.807, 2.05) is 18.2 Å². The van der Waals surface area contributed by atoms with Crippen molar-refractivity contribution in [2.24, 2.45) is 11.5 Å². The van der Waals surface area contributed by atoms with E-state index in [4.69, 9.17) is 11.5 Å². The van der Waals surface area contributed by atoms with Crippen LogP contribution >= 0.6 is 11.3 Å². The lowest BCUT2D eigenvalue weighted by Gasteiger charge is -2.29. The number of primary amides is 1. The van der Waals surface area contributed by atoms with Crippen LogP contribution in [0.1, 0.15) is 36.0 Å². The maximum absolute atomic E-state index is 11.8. The molecule has 1 amide bonds. The molecule has 1 fully saturated rings. The van der Waals surface area contributed by atoms with E-state index in [0.717, 1.165) is 41.6 Å². The van der Waals surface area contributed by atoms with E-state index in [2.05, 4.69) is 25.6 Å². The summed E-state index contributed by atoms with van der Waals surface area (Å²) >= 11 is 1.57. The molecule has 1 aromatic carbocycles. The van der Waals surface area contributed by atoms with E-state index in [1.165, 1.54) is 6.20 Å². The number of amides is 1. The number of thiazole rings is 1. The number of aromatic nitrogens is 3. The van der Waals surface area contributed by atoms with Crippen LogP contribution in [0.25, 0.3) is 10.2 Å². The van der Waals surface area contributed by atoms with Gasteiger partial charge in [0, 0.05) is 24.0 Å². The van der Waals surface area contributed by atoms with Gasteiger partial charge in [0.05, 0.1) is 15.7 Å².